The van der Waals surface area contributed by atoms with E-state index in [4.69, 9.17) is 0 Å². The Balaban J connectivity index is 1.44. The molecule has 0 aromatic heterocycles. The lowest BCUT2D eigenvalue weighted by atomic mass is 9.79. The lowest BCUT2D eigenvalue weighted by molar-refractivity contribution is 0.444. The molecule has 0 radical (unpaired) electrons. The number of anilines is 2. The molecule has 0 amide bonds. The van der Waals surface area contributed by atoms with Gasteiger partial charge in [0.15, 0.2) is 0 Å². The molecule has 0 aliphatic heterocycles. The van der Waals surface area contributed by atoms with Gasteiger partial charge in [-0.2, -0.15) is 0 Å². The van der Waals surface area contributed by atoms with E-state index in [0.29, 0.717) is 0 Å². The van der Waals surface area contributed by atoms with Crippen molar-refractivity contribution in [2.45, 2.75) is 57.3 Å². The van der Waals surface area contributed by atoms with E-state index in [1.807, 2.05) is 0 Å². The smallest absolute Gasteiger partial charge is 0.0423 e. The van der Waals surface area contributed by atoms with Gasteiger partial charge in [0.1, 0.15) is 0 Å². The molecule has 0 spiro atoms. The first-order valence-corrected chi connectivity index (χ1v) is 12.7. The largest absolute Gasteiger partial charge is 0.355 e. The van der Waals surface area contributed by atoms with Crippen LogP contribution in [-0.2, 0) is 5.41 Å². The summed E-state index contributed by atoms with van der Waals surface area (Å²) in [5.41, 5.74) is 11.1. The van der Waals surface area contributed by atoms with E-state index in [1.54, 1.807) is 0 Å². The molecule has 170 valence electrons. The van der Waals surface area contributed by atoms with Crippen molar-refractivity contribution in [2.24, 2.45) is 0 Å². The van der Waals surface area contributed by atoms with Crippen molar-refractivity contribution in [1.82, 2.24) is 0 Å². The van der Waals surface area contributed by atoms with Crippen molar-refractivity contribution < 1.29 is 1.37 Å². The maximum Gasteiger partial charge on any atom is 0.0423 e. The second-order valence-electron chi connectivity index (χ2n) is 10.3. The standard InChI is InChI=1S/C33H33N/c1-33(2)30-16-10-9-15-27(30)29-21-28(25-13-7-4-8-14-25)32(22-31(29)33)34-26-19-17-24(18-20-26)23-11-5-3-6-12-23/h3,5-6,9-12,15-22,25,34H,4,7-8,13-14H2,1-2H3/i25D. The highest BCUT2D eigenvalue weighted by atomic mass is 14.9. The first kappa shape index (κ1) is 20.1. The molecule has 1 heteroatoms. The molecule has 2 aliphatic carbocycles. The third-order valence-electron chi connectivity index (χ3n) is 7.83. The normalized spacial score (nSPS) is 18.0. The highest BCUT2D eigenvalue weighted by Gasteiger charge is 2.36. The molecule has 6 rings (SSSR count). The zero-order chi connectivity index (χ0) is 24.0. The molecule has 1 fully saturated rings. The van der Waals surface area contributed by atoms with Crippen molar-refractivity contribution in [1.29, 1.82) is 0 Å². The van der Waals surface area contributed by atoms with Gasteiger partial charge in [-0.05, 0) is 81.9 Å². The van der Waals surface area contributed by atoms with E-state index in [0.717, 1.165) is 42.6 Å². The molecule has 0 bridgehead atoms. The molecule has 0 unspecified atom stereocenters. The summed E-state index contributed by atoms with van der Waals surface area (Å²) >= 11 is 0. The van der Waals surface area contributed by atoms with Crippen LogP contribution in [0.5, 0.6) is 0 Å². The molecule has 0 atom stereocenters. The molecule has 4 aromatic carbocycles. The Morgan fingerprint density at radius 3 is 2.15 bits per heavy atom. The van der Waals surface area contributed by atoms with Gasteiger partial charge in [-0.3, -0.25) is 0 Å². The van der Waals surface area contributed by atoms with Crippen LogP contribution in [0.4, 0.5) is 11.4 Å². The van der Waals surface area contributed by atoms with Crippen LogP contribution in [0.3, 0.4) is 0 Å². The fourth-order valence-electron chi connectivity index (χ4n) is 5.92. The van der Waals surface area contributed by atoms with Gasteiger partial charge in [-0.15, -0.1) is 0 Å². The Labute approximate surface area is 205 Å². The van der Waals surface area contributed by atoms with Crippen LogP contribution in [0.1, 0.15) is 69.9 Å². The number of nitrogens with one attached hydrogen (secondary N) is 1. The fraction of sp³-hybridized carbons (Fsp3) is 0.273. The van der Waals surface area contributed by atoms with Gasteiger partial charge >= 0.3 is 0 Å². The summed E-state index contributed by atoms with van der Waals surface area (Å²) in [5, 5.41) is 3.75. The highest BCUT2D eigenvalue weighted by molar-refractivity contribution is 5.84. The van der Waals surface area contributed by atoms with Crippen molar-refractivity contribution >= 4 is 11.4 Å². The maximum absolute atomic E-state index is 9.52. The van der Waals surface area contributed by atoms with Crippen LogP contribution in [-0.4, -0.2) is 0 Å². The average molecular weight is 445 g/mol. The number of hydrogen-bond donors (Lipinski definition) is 1. The lowest BCUT2D eigenvalue weighted by Gasteiger charge is -2.28. The molecular formula is C33H33N. The zero-order valence-electron chi connectivity index (χ0n) is 21.2. The van der Waals surface area contributed by atoms with Gasteiger partial charge in [0.2, 0.25) is 0 Å². The Morgan fingerprint density at radius 2 is 1.38 bits per heavy atom. The molecule has 1 saturated carbocycles. The van der Waals surface area contributed by atoms with E-state index in [1.165, 1.54) is 39.8 Å². The minimum absolute atomic E-state index is 0.0557. The van der Waals surface area contributed by atoms with Gasteiger partial charge in [-0.25, -0.2) is 0 Å². The van der Waals surface area contributed by atoms with Crippen LogP contribution in [0.25, 0.3) is 22.3 Å². The van der Waals surface area contributed by atoms with Crippen LogP contribution in [0.2, 0.25) is 0 Å². The predicted molar refractivity (Wildman–Crippen MR) is 145 cm³/mol. The van der Waals surface area contributed by atoms with Crippen molar-refractivity contribution in [3.63, 3.8) is 0 Å². The van der Waals surface area contributed by atoms with Crippen molar-refractivity contribution in [3.05, 3.63) is 108 Å². The molecule has 4 aromatic rings. The predicted octanol–water partition coefficient (Wildman–Crippen LogP) is 9.45. The molecule has 0 heterocycles. The van der Waals surface area contributed by atoms with Crippen LogP contribution in [0, 0.1) is 0 Å². The summed E-state index contributed by atoms with van der Waals surface area (Å²) in [5.74, 6) is -0.540. The molecule has 2 aliphatic rings. The van der Waals surface area contributed by atoms with Crippen molar-refractivity contribution in [2.75, 3.05) is 5.32 Å². The monoisotopic (exact) mass is 444 g/mol. The first-order chi connectivity index (χ1) is 17.0. The van der Waals surface area contributed by atoms with E-state index >= 15 is 0 Å². The lowest BCUT2D eigenvalue weighted by Crippen LogP contribution is -2.16. The topological polar surface area (TPSA) is 12.0 Å². The molecule has 1 N–H and O–H groups in total. The number of hydrogen-bond acceptors (Lipinski definition) is 1. The minimum atomic E-state index is -0.540. The van der Waals surface area contributed by atoms with Crippen LogP contribution >= 0.6 is 0 Å². The Hall–Kier alpha value is -3.32. The zero-order valence-corrected chi connectivity index (χ0v) is 20.2. The molecule has 0 saturated heterocycles. The quantitative estimate of drug-likeness (QED) is 0.330. The summed E-state index contributed by atoms with van der Waals surface area (Å²) < 4.78 is 9.52. The number of benzene rings is 4. The van der Waals surface area contributed by atoms with Crippen LogP contribution in [0.15, 0.2) is 91.0 Å². The second-order valence-corrected chi connectivity index (χ2v) is 10.3. The maximum atomic E-state index is 9.52. The van der Waals surface area contributed by atoms with E-state index in [2.05, 4.69) is 110 Å². The van der Waals surface area contributed by atoms with Crippen LogP contribution < -0.4 is 5.32 Å². The summed E-state index contributed by atoms with van der Waals surface area (Å²) in [6.45, 7) is 4.65. The van der Waals surface area contributed by atoms with Gasteiger partial charge in [0.25, 0.3) is 0 Å². The molecule has 34 heavy (non-hydrogen) atoms. The number of rotatable bonds is 4. The summed E-state index contributed by atoms with van der Waals surface area (Å²) in [6.07, 6.45) is 5.36. The Bertz CT molecular complexity index is 1360. The summed E-state index contributed by atoms with van der Waals surface area (Å²) in [7, 11) is 0. The minimum Gasteiger partial charge on any atom is -0.355 e. The Kier molecular flexibility index (Phi) is 5.01. The molecule has 1 nitrogen and oxygen atoms in total. The van der Waals surface area contributed by atoms with E-state index in [9.17, 15) is 1.37 Å². The van der Waals surface area contributed by atoms with Gasteiger partial charge < -0.3 is 5.32 Å². The number of fused-ring (bicyclic) bond motifs is 3. The van der Waals surface area contributed by atoms with E-state index in [-0.39, 0.29) is 5.41 Å². The third kappa shape index (κ3) is 3.64. The first-order valence-electron chi connectivity index (χ1n) is 13.2. The second kappa shape index (κ2) is 8.47. The van der Waals surface area contributed by atoms with Gasteiger partial charge in [0, 0.05) is 18.2 Å². The van der Waals surface area contributed by atoms with Gasteiger partial charge in [0.05, 0.1) is 0 Å². The SMILES string of the molecule is [2H]C1(c2cc3c(cc2Nc2ccc(-c4ccccc4)cc2)C(C)(C)c2ccccc2-3)CCCCC1. The van der Waals surface area contributed by atoms with Crippen molar-refractivity contribution in [3.8, 4) is 22.3 Å². The summed E-state index contributed by atoms with van der Waals surface area (Å²) in [6, 6.07) is 32.7. The highest BCUT2D eigenvalue weighted by Crippen LogP contribution is 2.52. The Morgan fingerprint density at radius 1 is 0.706 bits per heavy atom. The van der Waals surface area contributed by atoms with Gasteiger partial charge in [-0.1, -0.05) is 99.8 Å². The molecular weight excluding hydrogens is 410 g/mol. The third-order valence-corrected chi connectivity index (χ3v) is 7.83. The fourth-order valence-corrected chi connectivity index (χ4v) is 5.92. The average Bonchev–Trinajstić information content (AvgIpc) is 3.11. The summed E-state index contributed by atoms with van der Waals surface area (Å²) in [4.78, 5) is 0. The van der Waals surface area contributed by atoms with E-state index < -0.39 is 5.89 Å².